The van der Waals surface area contributed by atoms with Crippen LogP contribution in [-0.2, 0) is 19.1 Å². The van der Waals surface area contributed by atoms with Gasteiger partial charge in [0.25, 0.3) is 0 Å². The van der Waals surface area contributed by atoms with Crippen LogP contribution in [0.5, 0.6) is 0 Å². The maximum atomic E-state index is 16.3. The Morgan fingerprint density at radius 3 is 2.15 bits per heavy atom. The highest BCUT2D eigenvalue weighted by atomic mass is 19.1. The molecular formula is C44H49FN8O6. The summed E-state index contributed by atoms with van der Waals surface area (Å²) in [6.45, 7) is 10.1. The third-order valence-electron chi connectivity index (χ3n) is 11.7. The number of amides is 4. The summed E-state index contributed by atoms with van der Waals surface area (Å²) in [5.74, 6) is 0.166. The first-order chi connectivity index (χ1) is 28.3. The molecule has 3 aromatic carbocycles. The molecule has 4 N–H and O–H groups in total. The second-order valence-corrected chi connectivity index (χ2v) is 16.3. The number of H-pyrrole nitrogens is 2. The minimum atomic E-state index is -0.733. The Labute approximate surface area is 340 Å². The Bertz CT molecular complexity index is 2590. The lowest BCUT2D eigenvalue weighted by Gasteiger charge is -2.30. The first kappa shape index (κ1) is 39.6. The fourth-order valence-corrected chi connectivity index (χ4v) is 8.62. The van der Waals surface area contributed by atoms with Crippen molar-refractivity contribution in [3.8, 4) is 22.6 Å². The predicted molar refractivity (Wildman–Crippen MR) is 220 cm³/mol. The molecule has 3 aromatic heterocycles. The fourth-order valence-electron chi connectivity index (χ4n) is 8.62. The lowest BCUT2D eigenvalue weighted by Crippen LogP contribution is -2.51. The monoisotopic (exact) mass is 804 g/mol. The second-order valence-electron chi connectivity index (χ2n) is 16.3. The zero-order valence-corrected chi connectivity index (χ0v) is 34.0. The number of benzene rings is 3. The Morgan fingerprint density at radius 2 is 1.49 bits per heavy atom. The average molecular weight is 805 g/mol. The largest absolute Gasteiger partial charge is 0.453 e. The number of carbonyl (C=O) groups is 4. The number of nitrogens with zero attached hydrogens (tertiary/aromatic N) is 4. The highest BCUT2D eigenvalue weighted by molar-refractivity contribution is 6.05. The molecule has 308 valence electrons. The van der Waals surface area contributed by atoms with Gasteiger partial charge in [-0.15, -0.1) is 0 Å². The molecule has 2 aliphatic heterocycles. The Balaban J connectivity index is 1.04. The van der Waals surface area contributed by atoms with E-state index in [1.54, 1.807) is 28.1 Å². The van der Waals surface area contributed by atoms with Crippen LogP contribution < -0.4 is 10.6 Å². The van der Waals surface area contributed by atoms with Gasteiger partial charge in [0, 0.05) is 36.5 Å². The summed E-state index contributed by atoms with van der Waals surface area (Å²) in [7, 11) is 1.27. The van der Waals surface area contributed by atoms with E-state index in [9.17, 15) is 19.2 Å². The molecule has 2 fully saturated rings. The SMILES string of the molecule is COC(=O)N[C@H](C(=O)N1CCC[C@H]1c1nc2ccc3cc(-c4oc5ccc(-c6cnc([C@@H]7CCCN7C(=O)[C@@H](NC(C)=O)C(C)C)[nH]6)cc5c4F)ccc3c2[nH]1)C(C)C. The van der Waals surface area contributed by atoms with Crippen LogP contribution in [-0.4, -0.2) is 85.8 Å². The highest BCUT2D eigenvalue weighted by Crippen LogP contribution is 2.39. The minimum Gasteiger partial charge on any atom is -0.453 e. The number of fused-ring (bicyclic) bond motifs is 4. The van der Waals surface area contributed by atoms with Gasteiger partial charge in [-0.05, 0) is 73.2 Å². The number of imidazole rings is 2. The Kier molecular flexibility index (Phi) is 10.6. The molecule has 4 atom stereocenters. The topological polar surface area (TPSA) is 179 Å². The van der Waals surface area contributed by atoms with E-state index in [1.807, 2.05) is 64.1 Å². The number of hydrogen-bond acceptors (Lipinski definition) is 8. The molecule has 8 rings (SSSR count). The van der Waals surface area contributed by atoms with Gasteiger partial charge in [-0.25, -0.2) is 19.2 Å². The van der Waals surface area contributed by atoms with Crippen molar-refractivity contribution in [2.45, 2.75) is 84.5 Å². The van der Waals surface area contributed by atoms with Crippen LogP contribution in [0.1, 0.15) is 84.0 Å². The number of halogens is 1. The quantitative estimate of drug-likeness (QED) is 0.110. The Hall–Kier alpha value is -6.25. The first-order valence-electron chi connectivity index (χ1n) is 20.3. The summed E-state index contributed by atoms with van der Waals surface area (Å²) in [4.78, 5) is 71.1. The van der Waals surface area contributed by atoms with Crippen molar-refractivity contribution < 1.29 is 32.7 Å². The number of likely N-dealkylation sites (tertiary alicyclic amines) is 2. The number of alkyl carbamates (subject to hydrolysis) is 1. The fraction of sp³-hybridized carbons (Fsp3) is 0.409. The highest BCUT2D eigenvalue weighted by Gasteiger charge is 2.39. The van der Waals surface area contributed by atoms with Crippen LogP contribution in [0.3, 0.4) is 0 Å². The second kappa shape index (κ2) is 15.8. The molecule has 0 spiro atoms. The molecule has 0 aliphatic carbocycles. The van der Waals surface area contributed by atoms with Gasteiger partial charge in [0.2, 0.25) is 17.7 Å². The van der Waals surface area contributed by atoms with Crippen LogP contribution in [0.4, 0.5) is 9.18 Å². The van der Waals surface area contributed by atoms with Gasteiger partial charge in [0.1, 0.15) is 29.3 Å². The molecule has 5 heterocycles. The number of rotatable bonds is 10. The van der Waals surface area contributed by atoms with Crippen LogP contribution >= 0.6 is 0 Å². The van der Waals surface area contributed by atoms with E-state index < -0.39 is 24.0 Å². The zero-order valence-electron chi connectivity index (χ0n) is 34.0. The van der Waals surface area contributed by atoms with E-state index in [-0.39, 0.29) is 47.4 Å². The molecule has 0 bridgehead atoms. The molecule has 0 radical (unpaired) electrons. The number of hydrogen-bond donors (Lipinski definition) is 4. The molecule has 0 saturated carbocycles. The minimum absolute atomic E-state index is 0.0759. The predicted octanol–water partition coefficient (Wildman–Crippen LogP) is 7.53. The summed E-state index contributed by atoms with van der Waals surface area (Å²) in [5.41, 5.74) is 3.93. The van der Waals surface area contributed by atoms with Crippen molar-refractivity contribution in [2.75, 3.05) is 20.2 Å². The molecule has 6 aromatic rings. The van der Waals surface area contributed by atoms with Gasteiger partial charge < -0.3 is 39.6 Å². The van der Waals surface area contributed by atoms with Crippen LogP contribution in [0.2, 0.25) is 0 Å². The molecule has 59 heavy (non-hydrogen) atoms. The van der Waals surface area contributed by atoms with Gasteiger partial charge in [0.05, 0.1) is 47.5 Å². The van der Waals surface area contributed by atoms with Gasteiger partial charge >= 0.3 is 6.09 Å². The van der Waals surface area contributed by atoms with Crippen molar-refractivity contribution in [2.24, 2.45) is 11.8 Å². The summed E-state index contributed by atoms with van der Waals surface area (Å²) in [6, 6.07) is 12.9. The van der Waals surface area contributed by atoms with Gasteiger partial charge in [-0.3, -0.25) is 14.4 Å². The van der Waals surface area contributed by atoms with E-state index in [0.29, 0.717) is 47.0 Å². The lowest BCUT2D eigenvalue weighted by atomic mass is 10.0. The van der Waals surface area contributed by atoms with Crippen LogP contribution in [0, 0.1) is 17.7 Å². The summed E-state index contributed by atoms with van der Waals surface area (Å²) in [5, 5.41) is 7.56. The molecule has 2 aliphatic rings. The number of carbonyl (C=O) groups excluding carboxylic acids is 4. The number of aromatic amines is 2. The van der Waals surface area contributed by atoms with Crippen molar-refractivity contribution in [1.29, 1.82) is 0 Å². The standard InChI is InChI=1S/C44H49FN8O6/c1-22(2)36(47-24(5)54)42(55)52-17-7-9-32(52)40-46-21-31(49-40)26-13-16-34-29(20-26)35(45)39(59-34)27-11-14-28-25(19-27)12-15-30-38(28)50-41(48-30)33-10-8-18-53(33)43(56)37(23(3)4)51-44(57)58-6/h11-16,19-23,32-33,36-37H,7-10,17-18H2,1-6H3,(H,46,49)(H,47,54)(H,48,50)(H,51,57)/t32-,33-,36-,37-/m0/s1. The average Bonchev–Trinajstić information content (AvgIpc) is 4.07. The molecule has 2 saturated heterocycles. The Morgan fingerprint density at radius 1 is 0.831 bits per heavy atom. The van der Waals surface area contributed by atoms with Crippen LogP contribution in [0.15, 0.2) is 59.1 Å². The van der Waals surface area contributed by atoms with E-state index in [0.717, 1.165) is 53.1 Å². The molecule has 4 amide bonds. The van der Waals surface area contributed by atoms with Crippen molar-refractivity contribution in [3.05, 3.63) is 72.2 Å². The van der Waals surface area contributed by atoms with Gasteiger partial charge in [0.15, 0.2) is 11.6 Å². The molecule has 14 nitrogen and oxygen atoms in total. The molecular weight excluding hydrogens is 756 g/mol. The number of aromatic nitrogens is 4. The summed E-state index contributed by atoms with van der Waals surface area (Å²) >= 11 is 0. The van der Waals surface area contributed by atoms with E-state index in [2.05, 4.69) is 25.6 Å². The number of nitrogens with one attached hydrogen (secondary N) is 4. The third kappa shape index (κ3) is 7.38. The smallest absolute Gasteiger partial charge is 0.407 e. The van der Waals surface area contributed by atoms with E-state index in [1.165, 1.54) is 14.0 Å². The number of ether oxygens (including phenoxy) is 1. The summed E-state index contributed by atoms with van der Waals surface area (Å²) < 4.78 is 27.2. The van der Waals surface area contributed by atoms with Crippen LogP contribution in [0.25, 0.3) is 55.4 Å². The van der Waals surface area contributed by atoms with Crippen molar-refractivity contribution in [3.63, 3.8) is 0 Å². The van der Waals surface area contributed by atoms with Gasteiger partial charge in [-0.1, -0.05) is 45.9 Å². The first-order valence-corrected chi connectivity index (χ1v) is 20.3. The third-order valence-corrected chi connectivity index (χ3v) is 11.7. The maximum absolute atomic E-state index is 16.3. The number of furan rings is 1. The number of methoxy groups -OCH3 is 1. The van der Waals surface area contributed by atoms with Crippen molar-refractivity contribution in [1.82, 2.24) is 40.4 Å². The molecule has 15 heteroatoms. The summed E-state index contributed by atoms with van der Waals surface area (Å²) in [6.07, 6.45) is 4.12. The maximum Gasteiger partial charge on any atom is 0.407 e. The molecule has 0 unspecified atom stereocenters. The van der Waals surface area contributed by atoms with E-state index in [4.69, 9.17) is 14.1 Å². The van der Waals surface area contributed by atoms with Crippen molar-refractivity contribution >= 4 is 56.6 Å². The normalized spacial score (nSPS) is 18.1. The van der Waals surface area contributed by atoms with E-state index >= 15 is 4.39 Å². The zero-order chi connectivity index (χ0) is 41.7. The van der Waals surface area contributed by atoms with Gasteiger partial charge in [-0.2, -0.15) is 0 Å². The lowest BCUT2D eigenvalue weighted by molar-refractivity contribution is -0.138.